The molecule has 1 aliphatic rings. The molecule has 0 radical (unpaired) electrons. The van der Waals surface area contributed by atoms with Gasteiger partial charge in [-0.05, 0) is 44.7 Å². The van der Waals surface area contributed by atoms with Gasteiger partial charge in [0, 0.05) is 19.5 Å². The Morgan fingerprint density at radius 3 is 2.68 bits per heavy atom. The van der Waals surface area contributed by atoms with Crippen LogP contribution in [0.2, 0.25) is 0 Å². The second-order valence-corrected chi connectivity index (χ2v) is 7.51. The number of hydrogen-bond donors (Lipinski definition) is 0. The molecule has 3 aromatic rings. The van der Waals surface area contributed by atoms with Crippen molar-refractivity contribution in [1.29, 1.82) is 0 Å². The molecular weight excluding hydrogens is 398 g/mol. The number of carbonyl (C=O) groups is 2. The molecule has 1 aromatic carbocycles. The fourth-order valence-corrected chi connectivity index (χ4v) is 3.40. The van der Waals surface area contributed by atoms with Crippen molar-refractivity contribution < 1.29 is 18.7 Å². The zero-order valence-electron chi connectivity index (χ0n) is 17.7. The number of benzene rings is 1. The summed E-state index contributed by atoms with van der Waals surface area (Å²) in [5.74, 6) is 0.760. The third-order valence-corrected chi connectivity index (χ3v) is 5.14. The van der Waals surface area contributed by atoms with Crippen molar-refractivity contribution in [1.82, 2.24) is 24.9 Å². The molecule has 9 heteroatoms. The molecule has 162 valence electrons. The second-order valence-electron chi connectivity index (χ2n) is 7.51. The molecule has 0 saturated heterocycles. The summed E-state index contributed by atoms with van der Waals surface area (Å²) in [6.07, 6.45) is 5.81. The first-order valence-corrected chi connectivity index (χ1v) is 10.4. The van der Waals surface area contributed by atoms with E-state index in [0.717, 1.165) is 12.8 Å². The summed E-state index contributed by atoms with van der Waals surface area (Å²) in [4.78, 5) is 33.0. The summed E-state index contributed by atoms with van der Waals surface area (Å²) in [6, 6.07) is 7.30. The van der Waals surface area contributed by atoms with Gasteiger partial charge < -0.3 is 14.1 Å². The number of hydrogen-bond acceptors (Lipinski definition) is 7. The first kappa shape index (κ1) is 20.8. The van der Waals surface area contributed by atoms with E-state index in [0.29, 0.717) is 48.3 Å². The van der Waals surface area contributed by atoms with Crippen LogP contribution in [0.3, 0.4) is 0 Å². The molecule has 0 atom stereocenters. The highest BCUT2D eigenvalue weighted by molar-refractivity contribution is 5.97. The Kier molecular flexibility index (Phi) is 6.11. The minimum Gasteiger partial charge on any atom is -0.461 e. The quantitative estimate of drug-likeness (QED) is 0.488. The number of amides is 1. The summed E-state index contributed by atoms with van der Waals surface area (Å²) in [6.45, 7) is 4.80. The van der Waals surface area contributed by atoms with Gasteiger partial charge in [0.2, 0.25) is 0 Å². The highest BCUT2D eigenvalue weighted by Gasteiger charge is 2.29. The molecule has 4 rings (SSSR count). The minimum absolute atomic E-state index is 0.0892. The Morgan fingerprint density at radius 2 is 1.97 bits per heavy atom. The lowest BCUT2D eigenvalue weighted by Gasteiger charge is -2.23. The molecule has 31 heavy (non-hydrogen) atoms. The fraction of sp³-hybridized carbons (Fsp3) is 0.409. The van der Waals surface area contributed by atoms with Crippen LogP contribution in [0, 0.1) is 12.8 Å². The Hall–Kier alpha value is -3.49. The van der Waals surface area contributed by atoms with Gasteiger partial charge in [-0.15, -0.1) is 0 Å². The van der Waals surface area contributed by atoms with Crippen LogP contribution in [0.25, 0.3) is 5.69 Å². The van der Waals surface area contributed by atoms with Gasteiger partial charge in [-0.1, -0.05) is 12.1 Å². The Bertz CT molecular complexity index is 1060. The van der Waals surface area contributed by atoms with Crippen molar-refractivity contribution in [2.45, 2.75) is 33.1 Å². The van der Waals surface area contributed by atoms with E-state index in [1.54, 1.807) is 32.3 Å². The van der Waals surface area contributed by atoms with E-state index in [1.807, 2.05) is 23.1 Å². The Labute approximate surface area is 180 Å². The highest BCUT2D eigenvalue weighted by atomic mass is 16.5. The molecule has 2 aromatic heterocycles. The number of para-hydroxylation sites is 1. The molecule has 0 unspecified atom stereocenters. The lowest BCUT2D eigenvalue weighted by Crippen LogP contribution is -2.35. The molecule has 1 amide bonds. The fourth-order valence-electron chi connectivity index (χ4n) is 3.40. The largest absolute Gasteiger partial charge is 0.461 e. The number of esters is 1. The van der Waals surface area contributed by atoms with E-state index in [1.165, 1.54) is 4.80 Å². The predicted molar refractivity (Wildman–Crippen MR) is 111 cm³/mol. The van der Waals surface area contributed by atoms with Gasteiger partial charge in [-0.3, -0.25) is 4.79 Å². The standard InChI is InChI=1S/C22H25N5O4/c1-3-30-22(29)20-15(2)31-19(25-20)10-13-26(14-16-8-9-16)21(28)17-6-4-5-7-18(17)27-23-11-12-24-27/h4-7,11-12,16H,3,8-10,13-14H2,1-2H3. The topological polar surface area (TPSA) is 103 Å². The SMILES string of the molecule is CCOC(=O)c1nc(CCN(CC2CC2)C(=O)c2ccccc2-n2nccn2)oc1C. The summed E-state index contributed by atoms with van der Waals surface area (Å²) in [7, 11) is 0. The smallest absolute Gasteiger partial charge is 0.360 e. The van der Waals surface area contributed by atoms with Gasteiger partial charge in [0.1, 0.15) is 5.76 Å². The Morgan fingerprint density at radius 1 is 1.23 bits per heavy atom. The molecule has 0 spiro atoms. The Balaban J connectivity index is 1.52. The van der Waals surface area contributed by atoms with Gasteiger partial charge in [0.25, 0.3) is 5.91 Å². The zero-order valence-corrected chi connectivity index (χ0v) is 17.7. The van der Waals surface area contributed by atoms with Gasteiger partial charge in [-0.25, -0.2) is 9.78 Å². The normalized spacial score (nSPS) is 13.2. The van der Waals surface area contributed by atoms with Crippen LogP contribution in [0.5, 0.6) is 0 Å². The molecule has 1 aliphatic carbocycles. The molecule has 0 aliphatic heterocycles. The van der Waals surface area contributed by atoms with Gasteiger partial charge in [-0.2, -0.15) is 15.0 Å². The monoisotopic (exact) mass is 423 g/mol. The third-order valence-electron chi connectivity index (χ3n) is 5.14. The van der Waals surface area contributed by atoms with Crippen LogP contribution in [0.1, 0.15) is 52.3 Å². The van der Waals surface area contributed by atoms with Crippen molar-refractivity contribution in [2.75, 3.05) is 19.7 Å². The van der Waals surface area contributed by atoms with E-state index in [2.05, 4.69) is 15.2 Å². The highest BCUT2D eigenvalue weighted by Crippen LogP contribution is 2.30. The number of oxazole rings is 1. The van der Waals surface area contributed by atoms with Crippen LogP contribution in [0.15, 0.2) is 41.1 Å². The zero-order chi connectivity index (χ0) is 21.8. The van der Waals surface area contributed by atoms with Crippen molar-refractivity contribution >= 4 is 11.9 Å². The molecular formula is C22H25N5O4. The molecule has 0 bridgehead atoms. The van der Waals surface area contributed by atoms with Crippen molar-refractivity contribution in [3.05, 3.63) is 59.6 Å². The van der Waals surface area contributed by atoms with Gasteiger partial charge in [0.05, 0.1) is 30.3 Å². The number of carbonyl (C=O) groups excluding carboxylic acids is 2. The maximum absolute atomic E-state index is 13.4. The van der Waals surface area contributed by atoms with Crippen LogP contribution in [-0.4, -0.2) is 56.5 Å². The number of nitrogens with zero attached hydrogens (tertiary/aromatic N) is 5. The molecule has 9 nitrogen and oxygen atoms in total. The van der Waals surface area contributed by atoms with Crippen molar-refractivity contribution in [3.63, 3.8) is 0 Å². The number of ether oxygens (including phenoxy) is 1. The minimum atomic E-state index is -0.499. The summed E-state index contributed by atoms with van der Waals surface area (Å²) >= 11 is 0. The summed E-state index contributed by atoms with van der Waals surface area (Å²) in [5, 5.41) is 8.33. The number of aryl methyl sites for hydroxylation is 1. The maximum atomic E-state index is 13.4. The lowest BCUT2D eigenvalue weighted by molar-refractivity contribution is 0.0518. The van der Waals surface area contributed by atoms with E-state index in [-0.39, 0.29) is 18.2 Å². The van der Waals surface area contributed by atoms with Crippen molar-refractivity contribution in [3.8, 4) is 5.69 Å². The van der Waals surface area contributed by atoms with Crippen LogP contribution in [-0.2, 0) is 11.2 Å². The molecule has 1 fully saturated rings. The van der Waals surface area contributed by atoms with Gasteiger partial charge >= 0.3 is 5.97 Å². The predicted octanol–water partition coefficient (Wildman–Crippen LogP) is 2.84. The van der Waals surface area contributed by atoms with Gasteiger partial charge in [0.15, 0.2) is 11.6 Å². The maximum Gasteiger partial charge on any atom is 0.360 e. The van der Waals surface area contributed by atoms with Crippen LogP contribution in [0.4, 0.5) is 0 Å². The third kappa shape index (κ3) is 4.82. The van der Waals surface area contributed by atoms with E-state index >= 15 is 0 Å². The molecule has 0 N–H and O–H groups in total. The van der Waals surface area contributed by atoms with E-state index < -0.39 is 5.97 Å². The lowest BCUT2D eigenvalue weighted by atomic mass is 10.1. The number of aromatic nitrogens is 4. The van der Waals surface area contributed by atoms with Crippen LogP contribution >= 0.6 is 0 Å². The summed E-state index contributed by atoms with van der Waals surface area (Å²) in [5.41, 5.74) is 1.36. The first-order valence-electron chi connectivity index (χ1n) is 10.4. The average Bonchev–Trinajstić information content (AvgIpc) is 3.26. The second kappa shape index (κ2) is 9.11. The molecule has 1 saturated carbocycles. The number of rotatable bonds is 9. The molecule has 2 heterocycles. The van der Waals surface area contributed by atoms with Crippen LogP contribution < -0.4 is 0 Å². The van der Waals surface area contributed by atoms with E-state index in [9.17, 15) is 9.59 Å². The van der Waals surface area contributed by atoms with E-state index in [4.69, 9.17) is 9.15 Å². The first-order chi connectivity index (χ1) is 15.1. The average molecular weight is 423 g/mol. The summed E-state index contributed by atoms with van der Waals surface area (Å²) < 4.78 is 10.7. The van der Waals surface area contributed by atoms with Crippen molar-refractivity contribution in [2.24, 2.45) is 5.92 Å².